The number of para-hydroxylation sites is 1. The summed E-state index contributed by atoms with van der Waals surface area (Å²) in [7, 11) is 0. The fourth-order valence-corrected chi connectivity index (χ4v) is 2.81. The van der Waals surface area contributed by atoms with Crippen LogP contribution in [0.25, 0.3) is 11.1 Å². The maximum absolute atomic E-state index is 12.0. The van der Waals surface area contributed by atoms with Crippen LogP contribution in [0.2, 0.25) is 0 Å². The van der Waals surface area contributed by atoms with Gasteiger partial charge in [-0.3, -0.25) is 4.57 Å². The summed E-state index contributed by atoms with van der Waals surface area (Å²) >= 11 is 0. The van der Waals surface area contributed by atoms with Crippen LogP contribution >= 0.6 is 0 Å². The molecule has 106 valence electrons. The van der Waals surface area contributed by atoms with Crippen molar-refractivity contribution < 1.29 is 9.15 Å². The summed E-state index contributed by atoms with van der Waals surface area (Å²) in [6.45, 7) is 0.448. The van der Waals surface area contributed by atoms with Crippen LogP contribution in [-0.2, 0) is 13.0 Å². The Balaban J connectivity index is 1.68. The monoisotopic (exact) mass is 282 g/mol. The average molecular weight is 282 g/mol. The lowest BCUT2D eigenvalue weighted by Gasteiger charge is -2.11. The number of rotatable bonds is 2. The molecule has 0 saturated heterocycles. The largest absolute Gasteiger partial charge is 0.488 e. The van der Waals surface area contributed by atoms with Gasteiger partial charge in [-0.15, -0.1) is 0 Å². The summed E-state index contributed by atoms with van der Waals surface area (Å²) in [6.07, 6.45) is 0.722. The van der Waals surface area contributed by atoms with Gasteiger partial charge in [0.25, 0.3) is 0 Å². The van der Waals surface area contributed by atoms with Crippen LogP contribution in [0.3, 0.4) is 0 Å². The third-order valence-electron chi connectivity index (χ3n) is 3.79. The first-order valence-corrected chi connectivity index (χ1v) is 6.84. The number of nitrogens with zero attached hydrogens (tertiary/aromatic N) is 1. The van der Waals surface area contributed by atoms with E-state index in [1.165, 1.54) is 5.56 Å². The van der Waals surface area contributed by atoms with Gasteiger partial charge in [-0.1, -0.05) is 18.2 Å². The average Bonchev–Trinajstić information content (AvgIpc) is 3.01. The summed E-state index contributed by atoms with van der Waals surface area (Å²) in [5.74, 6) is 0.512. The fourth-order valence-electron chi connectivity index (χ4n) is 2.81. The highest BCUT2D eigenvalue weighted by Crippen LogP contribution is 2.29. The van der Waals surface area contributed by atoms with Crippen LogP contribution in [0.1, 0.15) is 5.56 Å². The minimum absolute atomic E-state index is 0.0673. The molecule has 0 spiro atoms. The highest BCUT2D eigenvalue weighted by molar-refractivity contribution is 5.76. The van der Waals surface area contributed by atoms with Gasteiger partial charge in [0.2, 0.25) is 0 Å². The standard InChI is InChI=1S/C16H14N2O3/c17-11-5-6-15-13(8-11)18(16(19)21-15)9-12-7-10-3-1-2-4-14(10)20-12/h1-6,8,12H,7,9,17H2. The van der Waals surface area contributed by atoms with Crippen molar-refractivity contribution in [2.24, 2.45) is 0 Å². The molecule has 0 aliphatic carbocycles. The number of aromatic nitrogens is 1. The molecular formula is C16H14N2O3. The molecule has 2 aromatic carbocycles. The highest BCUT2D eigenvalue weighted by atomic mass is 16.5. The number of nitrogen functional groups attached to an aromatic ring is 1. The molecule has 2 heterocycles. The molecule has 0 amide bonds. The topological polar surface area (TPSA) is 70.4 Å². The van der Waals surface area contributed by atoms with E-state index in [2.05, 4.69) is 0 Å². The van der Waals surface area contributed by atoms with Crippen LogP contribution in [0.4, 0.5) is 5.69 Å². The third kappa shape index (κ3) is 1.98. The van der Waals surface area contributed by atoms with Gasteiger partial charge in [0, 0.05) is 12.1 Å². The van der Waals surface area contributed by atoms with Crippen molar-refractivity contribution in [1.29, 1.82) is 0 Å². The molecule has 1 unspecified atom stereocenters. The minimum Gasteiger partial charge on any atom is -0.488 e. The quantitative estimate of drug-likeness (QED) is 0.731. The fraction of sp³-hybridized carbons (Fsp3) is 0.188. The smallest absolute Gasteiger partial charge is 0.420 e. The van der Waals surface area contributed by atoms with Crippen LogP contribution < -0.4 is 16.2 Å². The van der Waals surface area contributed by atoms with Crippen LogP contribution in [-0.4, -0.2) is 10.7 Å². The van der Waals surface area contributed by atoms with E-state index >= 15 is 0 Å². The summed E-state index contributed by atoms with van der Waals surface area (Å²) in [5.41, 5.74) is 8.82. The minimum atomic E-state index is -0.379. The van der Waals surface area contributed by atoms with Gasteiger partial charge in [-0.2, -0.15) is 0 Å². The van der Waals surface area contributed by atoms with E-state index in [-0.39, 0.29) is 11.9 Å². The molecule has 1 atom stereocenters. The van der Waals surface area contributed by atoms with Gasteiger partial charge in [0.15, 0.2) is 5.58 Å². The molecule has 4 rings (SSSR count). The molecule has 1 aromatic heterocycles. The number of ether oxygens (including phenoxy) is 1. The van der Waals surface area contributed by atoms with Crippen molar-refractivity contribution >= 4 is 16.8 Å². The van der Waals surface area contributed by atoms with E-state index < -0.39 is 0 Å². The molecule has 0 saturated carbocycles. The lowest BCUT2D eigenvalue weighted by molar-refractivity contribution is 0.207. The second kappa shape index (κ2) is 4.41. The predicted molar refractivity (Wildman–Crippen MR) is 79.4 cm³/mol. The van der Waals surface area contributed by atoms with E-state index in [4.69, 9.17) is 14.9 Å². The number of fused-ring (bicyclic) bond motifs is 2. The SMILES string of the molecule is Nc1ccc2oc(=O)n(CC3Cc4ccccc4O3)c2c1. The number of benzene rings is 2. The Morgan fingerprint density at radius 1 is 1.24 bits per heavy atom. The van der Waals surface area contributed by atoms with Gasteiger partial charge in [0.05, 0.1) is 12.1 Å². The Bertz CT molecular complexity index is 854. The molecule has 0 bridgehead atoms. The second-order valence-corrected chi connectivity index (χ2v) is 5.26. The first-order valence-electron chi connectivity index (χ1n) is 6.84. The molecule has 1 aliphatic rings. The van der Waals surface area contributed by atoms with Gasteiger partial charge >= 0.3 is 5.76 Å². The molecule has 3 aromatic rings. The van der Waals surface area contributed by atoms with Crippen molar-refractivity contribution in [3.8, 4) is 5.75 Å². The molecule has 0 radical (unpaired) electrons. The number of nitrogens with two attached hydrogens (primary N) is 1. The summed E-state index contributed by atoms with van der Waals surface area (Å²) in [5, 5.41) is 0. The lowest BCUT2D eigenvalue weighted by Crippen LogP contribution is -2.26. The highest BCUT2D eigenvalue weighted by Gasteiger charge is 2.24. The van der Waals surface area contributed by atoms with E-state index in [1.54, 1.807) is 22.8 Å². The zero-order chi connectivity index (χ0) is 14.4. The van der Waals surface area contributed by atoms with Gasteiger partial charge < -0.3 is 14.9 Å². The molecule has 21 heavy (non-hydrogen) atoms. The number of anilines is 1. The van der Waals surface area contributed by atoms with E-state index in [9.17, 15) is 4.79 Å². The normalized spacial score (nSPS) is 16.9. The number of oxazole rings is 1. The maximum Gasteiger partial charge on any atom is 0.420 e. The van der Waals surface area contributed by atoms with Crippen molar-refractivity contribution in [2.75, 3.05) is 5.73 Å². The Labute approximate surface area is 120 Å². The van der Waals surface area contributed by atoms with Crippen molar-refractivity contribution in [3.63, 3.8) is 0 Å². The first kappa shape index (κ1) is 12.1. The Morgan fingerprint density at radius 3 is 2.95 bits per heavy atom. The van der Waals surface area contributed by atoms with Crippen LogP contribution in [0, 0.1) is 0 Å². The van der Waals surface area contributed by atoms with Gasteiger partial charge in [-0.05, 0) is 29.8 Å². The Morgan fingerprint density at radius 2 is 2.10 bits per heavy atom. The molecule has 2 N–H and O–H groups in total. The molecule has 1 aliphatic heterocycles. The molecule has 0 fully saturated rings. The molecule has 5 nitrogen and oxygen atoms in total. The van der Waals surface area contributed by atoms with Crippen molar-refractivity contribution in [1.82, 2.24) is 4.57 Å². The van der Waals surface area contributed by atoms with Crippen molar-refractivity contribution in [2.45, 2.75) is 19.1 Å². The van der Waals surface area contributed by atoms with Crippen molar-refractivity contribution in [3.05, 3.63) is 58.6 Å². The van der Waals surface area contributed by atoms with Gasteiger partial charge in [-0.25, -0.2) is 4.79 Å². The van der Waals surface area contributed by atoms with Crippen LogP contribution in [0.15, 0.2) is 51.7 Å². The maximum atomic E-state index is 12.0. The van der Waals surface area contributed by atoms with E-state index in [1.807, 2.05) is 24.3 Å². The summed E-state index contributed by atoms with van der Waals surface area (Å²) in [6, 6.07) is 13.1. The number of hydrogen-bond acceptors (Lipinski definition) is 4. The molecular weight excluding hydrogens is 268 g/mol. The molecule has 5 heteroatoms. The summed E-state index contributed by atoms with van der Waals surface area (Å²) < 4.78 is 12.7. The van der Waals surface area contributed by atoms with E-state index in [0.717, 1.165) is 12.2 Å². The summed E-state index contributed by atoms with van der Waals surface area (Å²) in [4.78, 5) is 12.0. The second-order valence-electron chi connectivity index (χ2n) is 5.26. The lowest BCUT2D eigenvalue weighted by atomic mass is 10.1. The van der Waals surface area contributed by atoms with Gasteiger partial charge in [0.1, 0.15) is 11.9 Å². The zero-order valence-corrected chi connectivity index (χ0v) is 11.3. The Hall–Kier alpha value is -2.69. The zero-order valence-electron chi connectivity index (χ0n) is 11.3. The first-order chi connectivity index (χ1) is 10.2. The number of hydrogen-bond donors (Lipinski definition) is 1. The van der Waals surface area contributed by atoms with Crippen LogP contribution in [0.5, 0.6) is 5.75 Å². The van der Waals surface area contributed by atoms with E-state index in [0.29, 0.717) is 23.3 Å². The predicted octanol–water partition coefficient (Wildman–Crippen LogP) is 2.18. The third-order valence-corrected chi connectivity index (χ3v) is 3.79. The Kier molecular flexibility index (Phi) is 2.54.